The van der Waals surface area contributed by atoms with Crippen LogP contribution >= 0.6 is 0 Å². The second kappa shape index (κ2) is 5.02. The minimum absolute atomic E-state index is 0.0121. The Kier molecular flexibility index (Phi) is 3.43. The average Bonchev–Trinajstić information content (AvgIpc) is 2.99. The minimum Gasteiger partial charge on any atom is -0.466 e. The number of carbonyl (C=O) groups is 2. The minimum atomic E-state index is -0.438. The van der Waals surface area contributed by atoms with Crippen molar-refractivity contribution in [1.29, 1.82) is 0 Å². The summed E-state index contributed by atoms with van der Waals surface area (Å²) in [7, 11) is 1.37. The molecule has 3 aliphatic rings. The maximum Gasteiger partial charge on any atom is 0.409 e. The van der Waals surface area contributed by atoms with Gasteiger partial charge in [0, 0.05) is 24.9 Å². The number of esters is 1. The van der Waals surface area contributed by atoms with Crippen LogP contribution in [0.15, 0.2) is 12.2 Å². The number of hydrogen-bond donors (Lipinski definition) is 0. The van der Waals surface area contributed by atoms with E-state index in [4.69, 9.17) is 14.2 Å². The summed E-state index contributed by atoms with van der Waals surface area (Å²) in [5.41, 5.74) is -0.438. The monoisotopic (exact) mass is 295 g/mol. The third kappa shape index (κ3) is 2.04. The third-order valence-electron chi connectivity index (χ3n) is 4.85. The van der Waals surface area contributed by atoms with Crippen LogP contribution in [0.1, 0.15) is 20.3 Å². The van der Waals surface area contributed by atoms with Gasteiger partial charge in [0.25, 0.3) is 0 Å². The molecule has 0 aliphatic carbocycles. The zero-order valence-electron chi connectivity index (χ0n) is 12.6. The first kappa shape index (κ1) is 14.4. The molecular formula is C15H21NO5. The number of likely N-dealkylation sites (tertiary alicyclic amines) is 1. The Balaban J connectivity index is 1.87. The van der Waals surface area contributed by atoms with E-state index in [9.17, 15) is 9.59 Å². The fourth-order valence-electron chi connectivity index (χ4n) is 3.93. The largest absolute Gasteiger partial charge is 0.466 e. The van der Waals surface area contributed by atoms with Crippen LogP contribution in [0.4, 0.5) is 4.79 Å². The van der Waals surface area contributed by atoms with E-state index in [-0.39, 0.29) is 36.0 Å². The molecule has 6 heteroatoms. The van der Waals surface area contributed by atoms with Crippen LogP contribution in [0.5, 0.6) is 0 Å². The van der Waals surface area contributed by atoms with Crippen molar-refractivity contribution in [1.82, 2.24) is 4.90 Å². The Morgan fingerprint density at radius 3 is 2.90 bits per heavy atom. The lowest BCUT2D eigenvalue weighted by atomic mass is 9.70. The van der Waals surface area contributed by atoms with Crippen LogP contribution in [-0.4, -0.2) is 55.0 Å². The molecule has 0 aromatic rings. The summed E-state index contributed by atoms with van der Waals surface area (Å²) in [5, 5.41) is 0. The number of hydrogen-bond acceptors (Lipinski definition) is 5. The van der Waals surface area contributed by atoms with Gasteiger partial charge in [0.1, 0.15) is 0 Å². The predicted molar refractivity (Wildman–Crippen MR) is 73.5 cm³/mol. The Morgan fingerprint density at radius 1 is 1.48 bits per heavy atom. The van der Waals surface area contributed by atoms with Gasteiger partial charge in [-0.25, -0.2) is 4.79 Å². The molecule has 21 heavy (non-hydrogen) atoms. The molecule has 0 N–H and O–H groups in total. The van der Waals surface area contributed by atoms with Crippen LogP contribution in [0, 0.1) is 11.8 Å². The van der Waals surface area contributed by atoms with Crippen LogP contribution in [0.3, 0.4) is 0 Å². The van der Waals surface area contributed by atoms with Gasteiger partial charge in [-0.1, -0.05) is 12.2 Å². The molecule has 1 spiro atoms. The fourth-order valence-corrected chi connectivity index (χ4v) is 3.93. The van der Waals surface area contributed by atoms with Crippen molar-refractivity contribution in [3.05, 3.63) is 12.2 Å². The number of fused-ring (bicyclic) bond motifs is 1. The molecule has 0 radical (unpaired) electrons. The molecular weight excluding hydrogens is 274 g/mol. The van der Waals surface area contributed by atoms with Crippen molar-refractivity contribution in [3.8, 4) is 0 Å². The first-order valence-electron chi connectivity index (χ1n) is 7.41. The molecule has 1 amide bonds. The number of methoxy groups -OCH3 is 1. The van der Waals surface area contributed by atoms with Gasteiger partial charge in [-0.2, -0.15) is 0 Å². The number of piperidine rings is 1. The Bertz CT molecular complexity index is 490. The van der Waals surface area contributed by atoms with Crippen LogP contribution < -0.4 is 0 Å². The highest BCUT2D eigenvalue weighted by Crippen LogP contribution is 2.52. The summed E-state index contributed by atoms with van der Waals surface area (Å²) >= 11 is 0. The second-order valence-electron chi connectivity index (χ2n) is 5.96. The lowest BCUT2D eigenvalue weighted by molar-refractivity contribution is -0.150. The molecule has 2 fully saturated rings. The maximum atomic E-state index is 12.2. The topological polar surface area (TPSA) is 65.1 Å². The van der Waals surface area contributed by atoms with Gasteiger partial charge in [0.15, 0.2) is 0 Å². The summed E-state index contributed by atoms with van der Waals surface area (Å²) in [4.78, 5) is 25.8. The highest BCUT2D eigenvalue weighted by atomic mass is 16.6. The van der Waals surface area contributed by atoms with E-state index >= 15 is 0 Å². The highest BCUT2D eigenvalue weighted by Gasteiger charge is 2.62. The molecule has 0 unspecified atom stereocenters. The van der Waals surface area contributed by atoms with Gasteiger partial charge in [0.05, 0.1) is 31.3 Å². The number of carbonyl (C=O) groups excluding carboxylic acids is 2. The SMILES string of the molecule is CCOC(=O)[C@@H]1[C@@H]2C=C[C@@]3(C[C@@H](C)N(C(=O)OC)C[C@@H]13)O2. The van der Waals surface area contributed by atoms with Gasteiger partial charge in [-0.15, -0.1) is 0 Å². The molecule has 6 nitrogen and oxygen atoms in total. The smallest absolute Gasteiger partial charge is 0.409 e. The van der Waals surface area contributed by atoms with Crippen LogP contribution in [-0.2, 0) is 19.0 Å². The molecule has 3 heterocycles. The van der Waals surface area contributed by atoms with E-state index in [1.165, 1.54) is 7.11 Å². The van der Waals surface area contributed by atoms with Gasteiger partial charge in [-0.3, -0.25) is 4.79 Å². The zero-order chi connectivity index (χ0) is 15.2. The Morgan fingerprint density at radius 2 is 2.24 bits per heavy atom. The summed E-state index contributed by atoms with van der Waals surface area (Å²) < 4.78 is 16.1. The van der Waals surface area contributed by atoms with E-state index in [0.29, 0.717) is 19.6 Å². The number of rotatable bonds is 2. The van der Waals surface area contributed by atoms with E-state index in [1.54, 1.807) is 11.8 Å². The predicted octanol–water partition coefficient (Wildman–Crippen LogP) is 1.35. The average molecular weight is 295 g/mol. The molecule has 0 aromatic carbocycles. The van der Waals surface area contributed by atoms with Crippen molar-refractivity contribution >= 4 is 12.1 Å². The van der Waals surface area contributed by atoms with Crippen molar-refractivity contribution < 1.29 is 23.8 Å². The zero-order valence-corrected chi connectivity index (χ0v) is 12.6. The molecule has 5 atom stereocenters. The summed E-state index contributed by atoms with van der Waals surface area (Å²) in [6.45, 7) is 4.58. The van der Waals surface area contributed by atoms with Gasteiger partial charge < -0.3 is 19.1 Å². The van der Waals surface area contributed by atoms with Crippen molar-refractivity contribution in [3.63, 3.8) is 0 Å². The lowest BCUT2D eigenvalue weighted by Crippen LogP contribution is -2.57. The first-order chi connectivity index (χ1) is 10.0. The van der Waals surface area contributed by atoms with Gasteiger partial charge >= 0.3 is 12.1 Å². The van der Waals surface area contributed by atoms with Gasteiger partial charge in [-0.05, 0) is 13.8 Å². The highest BCUT2D eigenvalue weighted by molar-refractivity contribution is 5.76. The second-order valence-corrected chi connectivity index (χ2v) is 5.96. The van der Waals surface area contributed by atoms with E-state index in [0.717, 1.165) is 0 Å². The molecule has 2 saturated heterocycles. The summed E-state index contributed by atoms with van der Waals surface area (Å²) in [5.74, 6) is -0.644. The van der Waals surface area contributed by atoms with Crippen LogP contribution in [0.25, 0.3) is 0 Å². The van der Waals surface area contributed by atoms with E-state index in [1.807, 2.05) is 13.0 Å². The summed E-state index contributed by atoms with van der Waals surface area (Å²) in [6, 6.07) is 0.0121. The third-order valence-corrected chi connectivity index (χ3v) is 4.85. The Hall–Kier alpha value is -1.56. The fraction of sp³-hybridized carbons (Fsp3) is 0.733. The van der Waals surface area contributed by atoms with Gasteiger partial charge in [0.2, 0.25) is 0 Å². The number of ether oxygens (including phenoxy) is 3. The Labute approximate surface area is 124 Å². The molecule has 3 aliphatic heterocycles. The van der Waals surface area contributed by atoms with E-state index < -0.39 is 5.60 Å². The van der Waals surface area contributed by atoms with Crippen molar-refractivity contribution in [2.45, 2.75) is 38.0 Å². The standard InChI is InChI=1S/C15H21NO5/c1-4-20-13(17)12-10-8-16(14(18)19-3)9(2)7-15(10)6-5-11(12)21-15/h5-6,9-12H,4,7-8H2,1-3H3/t9-,10+,11+,12+,15+/m1/s1. The first-order valence-corrected chi connectivity index (χ1v) is 7.41. The van der Waals surface area contributed by atoms with Crippen molar-refractivity contribution in [2.24, 2.45) is 11.8 Å². The molecule has 116 valence electrons. The molecule has 3 rings (SSSR count). The molecule has 0 aromatic heterocycles. The van der Waals surface area contributed by atoms with Crippen LogP contribution in [0.2, 0.25) is 0 Å². The van der Waals surface area contributed by atoms with E-state index in [2.05, 4.69) is 6.08 Å². The maximum absolute atomic E-state index is 12.2. The molecule has 0 saturated carbocycles. The normalized spacial score (nSPS) is 40.0. The number of nitrogens with zero attached hydrogens (tertiary/aromatic N) is 1. The number of amides is 1. The summed E-state index contributed by atoms with van der Waals surface area (Å²) in [6.07, 6.45) is 4.10. The lowest BCUT2D eigenvalue weighted by Gasteiger charge is -2.45. The van der Waals surface area contributed by atoms with Crippen molar-refractivity contribution in [2.75, 3.05) is 20.3 Å². The quantitative estimate of drug-likeness (QED) is 0.568. The molecule has 2 bridgehead atoms.